The Balaban J connectivity index is 1.91. The van der Waals surface area contributed by atoms with Crippen LogP contribution in [0.15, 0.2) is 54.9 Å². The van der Waals surface area contributed by atoms with Crippen LogP contribution in [0.25, 0.3) is 11.3 Å². The molecular formula is C15H13ClN2. The molecule has 0 atom stereocenters. The quantitative estimate of drug-likeness (QED) is 0.785. The maximum absolute atomic E-state index is 5.88. The highest BCUT2D eigenvalue weighted by atomic mass is 35.5. The number of allylic oxidation sites excluding steroid dienone is 4. The summed E-state index contributed by atoms with van der Waals surface area (Å²) >= 11 is 5.88. The van der Waals surface area contributed by atoms with Crippen molar-refractivity contribution in [1.29, 1.82) is 0 Å². The molecule has 0 aliphatic heterocycles. The van der Waals surface area contributed by atoms with Crippen LogP contribution in [0.2, 0.25) is 5.02 Å². The summed E-state index contributed by atoms with van der Waals surface area (Å²) in [6, 6.07) is 7.67. The maximum Gasteiger partial charge on any atom is 0.0646 e. The zero-order valence-electron chi connectivity index (χ0n) is 9.88. The smallest absolute Gasteiger partial charge is 0.0646 e. The minimum absolute atomic E-state index is 0.740. The van der Waals surface area contributed by atoms with Gasteiger partial charge in [-0.15, -0.1) is 0 Å². The molecule has 0 fully saturated rings. The van der Waals surface area contributed by atoms with Gasteiger partial charge in [0, 0.05) is 16.8 Å². The van der Waals surface area contributed by atoms with E-state index in [0.29, 0.717) is 0 Å². The van der Waals surface area contributed by atoms with Gasteiger partial charge in [-0.3, -0.25) is 0 Å². The van der Waals surface area contributed by atoms with E-state index < -0.39 is 0 Å². The van der Waals surface area contributed by atoms with Crippen molar-refractivity contribution in [1.82, 2.24) is 9.78 Å². The van der Waals surface area contributed by atoms with Crippen molar-refractivity contribution in [3.05, 3.63) is 65.5 Å². The number of hydrogen-bond donors (Lipinski definition) is 0. The van der Waals surface area contributed by atoms with E-state index in [9.17, 15) is 0 Å². The maximum atomic E-state index is 5.88. The fraction of sp³-hybridized carbons (Fsp3) is 0.133. The molecule has 1 aliphatic carbocycles. The second-order valence-electron chi connectivity index (χ2n) is 4.29. The van der Waals surface area contributed by atoms with Crippen LogP contribution in [-0.4, -0.2) is 9.78 Å². The van der Waals surface area contributed by atoms with Gasteiger partial charge in [0.1, 0.15) is 0 Å². The summed E-state index contributed by atoms with van der Waals surface area (Å²) in [6.45, 7) is 0. The molecule has 2 aromatic rings. The number of hydrogen-bond acceptors (Lipinski definition) is 1. The number of halogens is 1. The van der Waals surface area contributed by atoms with Crippen LogP contribution in [0.1, 0.15) is 18.4 Å². The molecule has 0 saturated carbocycles. The van der Waals surface area contributed by atoms with Gasteiger partial charge in [-0.1, -0.05) is 29.8 Å². The Kier molecular flexibility index (Phi) is 3.03. The molecule has 0 N–H and O–H groups in total. The molecule has 0 spiro atoms. The number of nitrogens with zero attached hydrogens (tertiary/aromatic N) is 2. The van der Waals surface area contributed by atoms with Crippen LogP contribution in [-0.2, 0) is 0 Å². The van der Waals surface area contributed by atoms with Gasteiger partial charge in [0.2, 0.25) is 0 Å². The van der Waals surface area contributed by atoms with Crippen molar-refractivity contribution in [2.75, 3.05) is 0 Å². The minimum atomic E-state index is 0.740. The molecule has 0 unspecified atom stereocenters. The van der Waals surface area contributed by atoms with Crippen LogP contribution in [0.5, 0.6) is 0 Å². The average Bonchev–Trinajstić information content (AvgIpc) is 2.90. The third-order valence-corrected chi connectivity index (χ3v) is 3.25. The SMILES string of the molecule is Clc1ccc(-n2cc(C3=CCCC=C3)cn2)cc1. The Labute approximate surface area is 111 Å². The van der Waals surface area contributed by atoms with Crippen LogP contribution >= 0.6 is 11.6 Å². The Morgan fingerprint density at radius 1 is 1.11 bits per heavy atom. The van der Waals surface area contributed by atoms with Gasteiger partial charge in [0.25, 0.3) is 0 Å². The van der Waals surface area contributed by atoms with E-state index in [1.807, 2.05) is 41.3 Å². The third kappa shape index (κ3) is 2.24. The first-order valence-electron chi connectivity index (χ1n) is 6.00. The summed E-state index contributed by atoms with van der Waals surface area (Å²) in [4.78, 5) is 0. The summed E-state index contributed by atoms with van der Waals surface area (Å²) in [7, 11) is 0. The van der Waals surface area contributed by atoms with E-state index in [1.54, 1.807) is 0 Å². The van der Waals surface area contributed by atoms with E-state index in [2.05, 4.69) is 23.3 Å². The second kappa shape index (κ2) is 4.83. The first kappa shape index (κ1) is 11.3. The summed E-state index contributed by atoms with van der Waals surface area (Å²) in [5.74, 6) is 0. The normalized spacial score (nSPS) is 14.6. The summed E-state index contributed by atoms with van der Waals surface area (Å²) in [5, 5.41) is 5.13. The Morgan fingerprint density at radius 3 is 2.67 bits per heavy atom. The molecule has 0 saturated heterocycles. The Bertz CT molecular complexity index is 606. The van der Waals surface area contributed by atoms with Gasteiger partial charge in [-0.2, -0.15) is 5.10 Å². The fourth-order valence-corrected chi connectivity index (χ4v) is 2.16. The molecule has 0 amide bonds. The van der Waals surface area contributed by atoms with Crippen molar-refractivity contribution < 1.29 is 0 Å². The van der Waals surface area contributed by atoms with Gasteiger partial charge in [-0.25, -0.2) is 4.68 Å². The third-order valence-electron chi connectivity index (χ3n) is 3.00. The lowest BCUT2D eigenvalue weighted by Gasteiger charge is -2.03. The predicted octanol–water partition coefficient (Wildman–Crippen LogP) is 4.26. The molecule has 3 heteroatoms. The van der Waals surface area contributed by atoms with Crippen molar-refractivity contribution in [2.45, 2.75) is 12.8 Å². The largest absolute Gasteiger partial charge is 0.240 e. The highest BCUT2D eigenvalue weighted by molar-refractivity contribution is 6.30. The van der Waals surface area contributed by atoms with Crippen molar-refractivity contribution in [3.8, 4) is 5.69 Å². The lowest BCUT2D eigenvalue weighted by Crippen LogP contribution is -1.93. The average molecular weight is 257 g/mol. The predicted molar refractivity (Wildman–Crippen MR) is 74.9 cm³/mol. The van der Waals surface area contributed by atoms with Gasteiger partial charge >= 0.3 is 0 Å². The van der Waals surface area contributed by atoms with Gasteiger partial charge in [0.05, 0.1) is 11.9 Å². The molecule has 18 heavy (non-hydrogen) atoms. The molecule has 1 aromatic heterocycles. The van der Waals surface area contributed by atoms with Gasteiger partial charge in [0.15, 0.2) is 0 Å². The molecule has 1 heterocycles. The van der Waals surface area contributed by atoms with E-state index >= 15 is 0 Å². The zero-order valence-corrected chi connectivity index (χ0v) is 10.6. The van der Waals surface area contributed by atoms with E-state index in [0.717, 1.165) is 29.1 Å². The highest BCUT2D eigenvalue weighted by Gasteiger charge is 2.05. The number of rotatable bonds is 2. The first-order chi connectivity index (χ1) is 8.83. The van der Waals surface area contributed by atoms with Crippen LogP contribution < -0.4 is 0 Å². The Morgan fingerprint density at radius 2 is 1.94 bits per heavy atom. The van der Waals surface area contributed by atoms with Crippen LogP contribution in [0.3, 0.4) is 0 Å². The monoisotopic (exact) mass is 256 g/mol. The first-order valence-corrected chi connectivity index (χ1v) is 6.38. The summed E-state index contributed by atoms with van der Waals surface area (Å²) in [6.07, 6.45) is 12.8. The van der Waals surface area contributed by atoms with Crippen LogP contribution in [0, 0.1) is 0 Å². The molecule has 90 valence electrons. The van der Waals surface area contributed by atoms with Gasteiger partial charge < -0.3 is 0 Å². The Hall–Kier alpha value is -1.80. The fourth-order valence-electron chi connectivity index (χ4n) is 2.03. The van der Waals surface area contributed by atoms with Gasteiger partial charge in [-0.05, 0) is 42.7 Å². The van der Waals surface area contributed by atoms with Crippen molar-refractivity contribution in [3.63, 3.8) is 0 Å². The highest BCUT2D eigenvalue weighted by Crippen LogP contribution is 2.22. The summed E-state index contributed by atoms with van der Waals surface area (Å²) in [5.41, 5.74) is 3.42. The van der Waals surface area contributed by atoms with Crippen molar-refractivity contribution >= 4 is 17.2 Å². The molecule has 3 rings (SSSR count). The summed E-state index contributed by atoms with van der Waals surface area (Å²) < 4.78 is 1.87. The van der Waals surface area contributed by atoms with Crippen LogP contribution in [0.4, 0.5) is 0 Å². The lowest BCUT2D eigenvalue weighted by atomic mass is 10.0. The van der Waals surface area contributed by atoms with Crippen molar-refractivity contribution in [2.24, 2.45) is 0 Å². The molecule has 1 aromatic carbocycles. The molecule has 0 bridgehead atoms. The second-order valence-corrected chi connectivity index (χ2v) is 4.73. The molecular weight excluding hydrogens is 244 g/mol. The van der Waals surface area contributed by atoms with E-state index in [4.69, 9.17) is 11.6 Å². The topological polar surface area (TPSA) is 17.8 Å². The molecule has 0 radical (unpaired) electrons. The molecule has 2 nitrogen and oxygen atoms in total. The number of benzene rings is 1. The standard InChI is InChI=1S/C15H13ClN2/c16-14-6-8-15(9-7-14)18-11-13(10-17-18)12-4-2-1-3-5-12/h2,4-11H,1,3H2. The van der Waals surface area contributed by atoms with E-state index in [-0.39, 0.29) is 0 Å². The molecule has 1 aliphatic rings. The minimum Gasteiger partial charge on any atom is -0.240 e. The lowest BCUT2D eigenvalue weighted by molar-refractivity contribution is 0.880. The van der Waals surface area contributed by atoms with E-state index in [1.165, 1.54) is 5.57 Å². The number of aromatic nitrogens is 2. The zero-order chi connectivity index (χ0) is 12.4.